The fourth-order valence-corrected chi connectivity index (χ4v) is 5.11. The van der Waals surface area contributed by atoms with Gasteiger partial charge in [-0.15, -0.1) is 11.3 Å². The van der Waals surface area contributed by atoms with Crippen molar-refractivity contribution in [3.8, 4) is 0 Å². The molecular weight excluding hydrogens is 306 g/mol. The highest BCUT2D eigenvalue weighted by molar-refractivity contribution is 7.16. The minimum absolute atomic E-state index is 0.323. The number of carbonyl (C=O) groups is 1. The van der Waals surface area contributed by atoms with E-state index in [1.54, 1.807) is 11.3 Å². The number of nitrogens with zero attached hydrogens (tertiary/aromatic N) is 3. The minimum Gasteiger partial charge on any atom is -0.345 e. The summed E-state index contributed by atoms with van der Waals surface area (Å²) in [6.45, 7) is 1.91. The van der Waals surface area contributed by atoms with Crippen LogP contribution in [0.1, 0.15) is 24.8 Å². The molecule has 5 heteroatoms. The lowest BCUT2D eigenvalue weighted by Gasteiger charge is -2.31. The maximum atomic E-state index is 11.9. The van der Waals surface area contributed by atoms with Gasteiger partial charge in [0.05, 0.1) is 15.7 Å². The van der Waals surface area contributed by atoms with Crippen LogP contribution in [0.5, 0.6) is 0 Å². The van der Waals surface area contributed by atoms with E-state index in [1.165, 1.54) is 23.1 Å². The van der Waals surface area contributed by atoms with Crippen molar-refractivity contribution < 1.29 is 4.79 Å². The Labute approximate surface area is 141 Å². The van der Waals surface area contributed by atoms with Gasteiger partial charge < -0.3 is 4.90 Å². The molecule has 2 heterocycles. The number of likely N-dealkylation sites (tertiary alicyclic amines) is 1. The van der Waals surface area contributed by atoms with Crippen molar-refractivity contribution >= 4 is 27.5 Å². The normalized spacial score (nSPS) is 27.9. The smallest absolute Gasteiger partial charge is 0.222 e. The van der Waals surface area contributed by atoms with Crippen molar-refractivity contribution in [3.63, 3.8) is 0 Å². The van der Waals surface area contributed by atoms with Gasteiger partial charge in [0.15, 0.2) is 0 Å². The summed E-state index contributed by atoms with van der Waals surface area (Å²) in [6.07, 6.45) is 3.13. The fourth-order valence-electron chi connectivity index (χ4n) is 4.31. The van der Waals surface area contributed by atoms with Gasteiger partial charge in [0.2, 0.25) is 5.91 Å². The Bertz CT molecular complexity index is 728. The van der Waals surface area contributed by atoms with E-state index >= 15 is 0 Å². The lowest BCUT2D eigenvalue weighted by molar-refractivity contribution is -0.134. The summed E-state index contributed by atoms with van der Waals surface area (Å²) in [5, 5.41) is 0. The zero-order valence-electron chi connectivity index (χ0n) is 13.7. The Balaban J connectivity index is 1.47. The lowest BCUT2D eigenvalue weighted by Crippen LogP contribution is -2.39. The molecule has 1 aliphatic carbocycles. The summed E-state index contributed by atoms with van der Waals surface area (Å²) < 4.78 is 1.31. The molecule has 1 aliphatic heterocycles. The molecule has 0 unspecified atom stereocenters. The van der Waals surface area contributed by atoms with Crippen LogP contribution in [0.15, 0.2) is 23.7 Å². The zero-order valence-corrected chi connectivity index (χ0v) is 14.6. The predicted octanol–water partition coefficient (Wildman–Crippen LogP) is 2.99. The number of amides is 1. The third-order valence-corrected chi connectivity index (χ3v) is 6.59. The number of fused-ring (bicyclic) bond motifs is 2. The third kappa shape index (κ3) is 2.76. The summed E-state index contributed by atoms with van der Waals surface area (Å²) in [5.74, 6) is 1.60. The Morgan fingerprint density at radius 3 is 3.04 bits per heavy atom. The molecule has 1 aromatic heterocycles. The van der Waals surface area contributed by atoms with Crippen LogP contribution < -0.4 is 0 Å². The van der Waals surface area contributed by atoms with Gasteiger partial charge in [0, 0.05) is 32.6 Å². The Morgan fingerprint density at radius 2 is 2.17 bits per heavy atom. The molecule has 122 valence electrons. The molecule has 2 fully saturated rings. The Hall–Kier alpha value is -1.46. The maximum Gasteiger partial charge on any atom is 0.222 e. The van der Waals surface area contributed by atoms with Crippen molar-refractivity contribution in [2.45, 2.75) is 31.8 Å². The summed E-state index contributed by atoms with van der Waals surface area (Å²) >= 11 is 1.73. The number of benzene rings is 1. The average molecular weight is 329 g/mol. The van der Waals surface area contributed by atoms with E-state index in [-0.39, 0.29) is 0 Å². The van der Waals surface area contributed by atoms with E-state index in [4.69, 9.17) is 0 Å². The van der Waals surface area contributed by atoms with Crippen molar-refractivity contribution in [2.24, 2.45) is 11.8 Å². The topological polar surface area (TPSA) is 36.4 Å². The standard InChI is InChI=1S/C18H23N3OS/c1-20(9-12-4-3-5-16-18(12)23-11-19-16)15-6-13-8-17(22)21(2)10-14(13)7-15/h3-5,11,13-15H,6-10H2,1-2H3/t13-,14+,15-/m0/s1. The molecule has 4 rings (SSSR count). The second-order valence-corrected chi connectivity index (χ2v) is 8.01. The van der Waals surface area contributed by atoms with Crippen LogP contribution in [0.2, 0.25) is 0 Å². The van der Waals surface area contributed by atoms with Crippen molar-refractivity contribution in [3.05, 3.63) is 29.3 Å². The maximum absolute atomic E-state index is 11.9. The number of piperidine rings is 1. The Morgan fingerprint density at radius 1 is 1.35 bits per heavy atom. The van der Waals surface area contributed by atoms with E-state index in [1.807, 2.05) is 17.5 Å². The molecule has 0 radical (unpaired) electrons. The van der Waals surface area contributed by atoms with Crippen LogP contribution in [0, 0.1) is 11.8 Å². The largest absolute Gasteiger partial charge is 0.345 e. The number of carbonyl (C=O) groups excluding carboxylic acids is 1. The van der Waals surface area contributed by atoms with Gasteiger partial charge in [-0.1, -0.05) is 12.1 Å². The fraction of sp³-hybridized carbons (Fsp3) is 0.556. The Kier molecular flexibility index (Phi) is 3.85. The third-order valence-electron chi connectivity index (χ3n) is 5.67. The van der Waals surface area contributed by atoms with Gasteiger partial charge >= 0.3 is 0 Å². The summed E-state index contributed by atoms with van der Waals surface area (Å²) in [6, 6.07) is 7.00. The van der Waals surface area contributed by atoms with E-state index in [0.717, 1.165) is 25.0 Å². The number of rotatable bonds is 3. The molecule has 23 heavy (non-hydrogen) atoms. The SMILES string of the molecule is CN1C[C@H]2C[C@@H](N(C)Cc3cccc4ncsc34)C[C@H]2CC1=O. The van der Waals surface area contributed by atoms with Gasteiger partial charge in [-0.25, -0.2) is 4.98 Å². The van der Waals surface area contributed by atoms with Gasteiger partial charge in [0.25, 0.3) is 0 Å². The molecule has 1 aromatic carbocycles. The van der Waals surface area contributed by atoms with E-state index in [9.17, 15) is 4.79 Å². The summed E-state index contributed by atoms with van der Waals surface area (Å²) in [4.78, 5) is 20.7. The van der Waals surface area contributed by atoms with Crippen LogP contribution in [0.3, 0.4) is 0 Å². The first kappa shape index (κ1) is 15.1. The highest BCUT2D eigenvalue weighted by Gasteiger charge is 2.41. The average Bonchev–Trinajstić information content (AvgIpc) is 3.15. The quantitative estimate of drug-likeness (QED) is 0.868. The van der Waals surface area contributed by atoms with Crippen LogP contribution in [-0.4, -0.2) is 47.4 Å². The van der Waals surface area contributed by atoms with Crippen LogP contribution in [0.4, 0.5) is 0 Å². The molecule has 2 aliphatic rings. The first-order chi connectivity index (χ1) is 11.1. The summed E-state index contributed by atoms with van der Waals surface area (Å²) in [5.41, 5.74) is 4.41. The molecule has 0 bridgehead atoms. The molecule has 1 amide bonds. The van der Waals surface area contributed by atoms with Crippen LogP contribution >= 0.6 is 11.3 Å². The first-order valence-electron chi connectivity index (χ1n) is 8.37. The minimum atomic E-state index is 0.323. The first-order valence-corrected chi connectivity index (χ1v) is 9.25. The molecular formula is C18H23N3OS. The summed E-state index contributed by atoms with van der Waals surface area (Å²) in [7, 11) is 4.17. The van der Waals surface area contributed by atoms with Gasteiger partial charge in [-0.05, 0) is 43.4 Å². The van der Waals surface area contributed by atoms with Gasteiger partial charge in [-0.2, -0.15) is 0 Å². The second-order valence-electron chi connectivity index (χ2n) is 7.16. The number of hydrogen-bond donors (Lipinski definition) is 0. The van der Waals surface area contributed by atoms with Crippen LogP contribution in [0.25, 0.3) is 10.2 Å². The number of hydrogen-bond acceptors (Lipinski definition) is 4. The van der Waals surface area contributed by atoms with Gasteiger partial charge in [0.1, 0.15) is 0 Å². The lowest BCUT2D eigenvalue weighted by atomic mass is 9.88. The molecule has 1 saturated heterocycles. The number of thiazole rings is 1. The molecule has 2 aromatic rings. The monoisotopic (exact) mass is 329 g/mol. The molecule has 4 nitrogen and oxygen atoms in total. The van der Waals surface area contributed by atoms with Crippen molar-refractivity contribution in [1.29, 1.82) is 0 Å². The molecule has 1 saturated carbocycles. The second kappa shape index (κ2) is 5.87. The van der Waals surface area contributed by atoms with E-state index < -0.39 is 0 Å². The molecule has 0 N–H and O–H groups in total. The van der Waals surface area contributed by atoms with E-state index in [0.29, 0.717) is 23.8 Å². The zero-order chi connectivity index (χ0) is 16.0. The highest BCUT2D eigenvalue weighted by Crippen LogP contribution is 2.40. The molecule has 0 spiro atoms. The van der Waals surface area contributed by atoms with Crippen LogP contribution in [-0.2, 0) is 11.3 Å². The molecule has 3 atom stereocenters. The predicted molar refractivity (Wildman–Crippen MR) is 93.3 cm³/mol. The highest BCUT2D eigenvalue weighted by atomic mass is 32.1. The number of aromatic nitrogens is 1. The van der Waals surface area contributed by atoms with Crippen molar-refractivity contribution in [2.75, 3.05) is 20.6 Å². The van der Waals surface area contributed by atoms with Crippen molar-refractivity contribution in [1.82, 2.24) is 14.8 Å². The van der Waals surface area contributed by atoms with Gasteiger partial charge in [-0.3, -0.25) is 9.69 Å². The van der Waals surface area contributed by atoms with E-state index in [2.05, 4.69) is 35.1 Å².